The van der Waals surface area contributed by atoms with Gasteiger partial charge >= 0.3 is 34.3 Å². The van der Waals surface area contributed by atoms with Crippen LogP contribution in [0.3, 0.4) is 0 Å². The molecule has 1 aliphatic heterocycles. The van der Waals surface area contributed by atoms with Gasteiger partial charge in [0.2, 0.25) is 12.4 Å². The molecule has 1 saturated heterocycles. The van der Waals surface area contributed by atoms with E-state index in [2.05, 4.69) is 4.18 Å². The fourth-order valence-electron chi connectivity index (χ4n) is 2.37. The molecule has 14 heteroatoms. The average Bonchev–Trinajstić information content (AvgIpc) is 2.48. The number of esters is 4. The maximum atomic E-state index is 11.5. The van der Waals surface area contributed by atoms with Crippen molar-refractivity contribution in [3.63, 3.8) is 0 Å². The van der Waals surface area contributed by atoms with Gasteiger partial charge in [-0.3, -0.25) is 23.7 Å². The van der Waals surface area contributed by atoms with Crippen LogP contribution in [0.15, 0.2) is 0 Å². The van der Waals surface area contributed by atoms with Crippen molar-refractivity contribution in [2.45, 2.75) is 58.4 Å². The molecule has 0 saturated carbocycles. The van der Waals surface area contributed by atoms with Crippen molar-refractivity contribution in [1.29, 1.82) is 0 Å². The smallest absolute Gasteiger partial charge is 0.397 e. The first kappa shape index (κ1) is 23.7. The SMILES string of the molecule is CC(=O)OC[C@H]1O[C@H](OC(C)=O)[C@H](OC(C)=O)[C@@H](OC(C)=O)[C@@H]1OS(=O)(=O)O. The highest BCUT2D eigenvalue weighted by Gasteiger charge is 2.54. The minimum Gasteiger partial charge on any atom is -0.463 e. The van der Waals surface area contributed by atoms with Gasteiger partial charge in [-0.05, 0) is 0 Å². The van der Waals surface area contributed by atoms with E-state index in [4.69, 9.17) is 28.2 Å². The lowest BCUT2D eigenvalue weighted by atomic mass is 9.98. The van der Waals surface area contributed by atoms with Crippen LogP contribution in [-0.4, -0.2) is 74.2 Å². The van der Waals surface area contributed by atoms with E-state index in [1.807, 2.05) is 0 Å². The average molecular weight is 428 g/mol. The largest absolute Gasteiger partial charge is 0.463 e. The van der Waals surface area contributed by atoms with E-state index in [0.29, 0.717) is 0 Å². The van der Waals surface area contributed by atoms with Gasteiger partial charge in [0.15, 0.2) is 6.10 Å². The lowest BCUT2D eigenvalue weighted by molar-refractivity contribution is -0.294. The summed E-state index contributed by atoms with van der Waals surface area (Å²) < 4.78 is 60.9. The molecule has 1 N–H and O–H groups in total. The zero-order valence-electron chi connectivity index (χ0n) is 15.3. The van der Waals surface area contributed by atoms with Crippen LogP contribution in [0.5, 0.6) is 0 Å². The molecule has 13 nitrogen and oxygen atoms in total. The molecule has 5 atom stereocenters. The number of hydrogen-bond acceptors (Lipinski definition) is 12. The van der Waals surface area contributed by atoms with Gasteiger partial charge in [-0.2, -0.15) is 8.42 Å². The Labute approximate surface area is 160 Å². The third-order valence-electron chi connectivity index (χ3n) is 3.16. The van der Waals surface area contributed by atoms with E-state index in [0.717, 1.165) is 27.7 Å². The summed E-state index contributed by atoms with van der Waals surface area (Å²) in [5.74, 6) is -3.50. The molecular weight excluding hydrogens is 408 g/mol. The van der Waals surface area contributed by atoms with Crippen molar-refractivity contribution in [2.75, 3.05) is 6.61 Å². The summed E-state index contributed by atoms with van der Waals surface area (Å²) in [6.07, 6.45) is -8.32. The van der Waals surface area contributed by atoms with Gasteiger partial charge in [-0.25, -0.2) is 4.18 Å². The summed E-state index contributed by atoms with van der Waals surface area (Å²) in [7, 11) is -5.12. The Kier molecular flexibility index (Phi) is 8.29. The van der Waals surface area contributed by atoms with E-state index in [-0.39, 0.29) is 0 Å². The number of carbonyl (C=O) groups is 4. The third kappa shape index (κ3) is 7.75. The maximum absolute atomic E-state index is 11.5. The topological polar surface area (TPSA) is 178 Å². The highest BCUT2D eigenvalue weighted by Crippen LogP contribution is 2.30. The fourth-order valence-corrected chi connectivity index (χ4v) is 2.88. The molecule has 0 bridgehead atoms. The zero-order valence-corrected chi connectivity index (χ0v) is 16.2. The Morgan fingerprint density at radius 3 is 1.75 bits per heavy atom. The van der Waals surface area contributed by atoms with Gasteiger partial charge in [-0.1, -0.05) is 0 Å². The molecule has 1 heterocycles. The van der Waals surface area contributed by atoms with Crippen LogP contribution >= 0.6 is 0 Å². The molecule has 0 spiro atoms. The van der Waals surface area contributed by atoms with Crippen molar-refractivity contribution >= 4 is 34.3 Å². The molecule has 1 rings (SSSR count). The Balaban J connectivity index is 3.37. The predicted molar refractivity (Wildman–Crippen MR) is 84.6 cm³/mol. The summed E-state index contributed by atoms with van der Waals surface area (Å²) in [4.78, 5) is 45.4. The van der Waals surface area contributed by atoms with Crippen LogP contribution < -0.4 is 0 Å². The van der Waals surface area contributed by atoms with E-state index in [1.54, 1.807) is 0 Å². The van der Waals surface area contributed by atoms with E-state index in [1.165, 1.54) is 0 Å². The molecule has 1 fully saturated rings. The monoisotopic (exact) mass is 428 g/mol. The first-order valence-corrected chi connectivity index (χ1v) is 9.13. The summed E-state index contributed by atoms with van der Waals surface area (Å²) in [5, 5.41) is 0. The normalized spacial score (nSPS) is 27.4. The first-order valence-electron chi connectivity index (χ1n) is 7.76. The fraction of sp³-hybridized carbons (Fsp3) is 0.714. The zero-order chi connectivity index (χ0) is 21.6. The van der Waals surface area contributed by atoms with Crippen molar-refractivity contribution < 1.29 is 60.0 Å². The Bertz CT molecular complexity index is 715. The number of rotatable bonds is 7. The van der Waals surface area contributed by atoms with Crippen LogP contribution in [0, 0.1) is 0 Å². The summed E-state index contributed by atoms with van der Waals surface area (Å²) >= 11 is 0. The molecular formula is C14H20O13S. The van der Waals surface area contributed by atoms with Crippen LogP contribution in [0.4, 0.5) is 0 Å². The molecule has 1 aliphatic rings. The van der Waals surface area contributed by atoms with Gasteiger partial charge in [0.1, 0.15) is 18.8 Å². The molecule has 160 valence electrons. The molecule has 0 radical (unpaired) electrons. The lowest BCUT2D eigenvalue weighted by Crippen LogP contribution is -2.63. The van der Waals surface area contributed by atoms with Crippen molar-refractivity contribution in [3.05, 3.63) is 0 Å². The predicted octanol–water partition coefficient (Wildman–Crippen LogP) is -1.11. The van der Waals surface area contributed by atoms with Gasteiger partial charge < -0.3 is 23.7 Å². The van der Waals surface area contributed by atoms with Gasteiger partial charge in [0.25, 0.3) is 0 Å². The first-order chi connectivity index (χ1) is 12.8. The summed E-state index contributed by atoms with van der Waals surface area (Å²) in [6.45, 7) is 3.39. The minimum absolute atomic E-state index is 0.627. The Morgan fingerprint density at radius 2 is 1.32 bits per heavy atom. The standard InChI is InChI=1S/C14H20O13S/c1-6(15)22-5-10-11(27-28(19,20)21)12(23-7(2)16)13(24-8(3)17)14(26-10)25-9(4)18/h10-14H,5H2,1-4H3,(H,19,20,21)/t10-,11-,12+,13-,14+/m1/s1. The lowest BCUT2D eigenvalue weighted by Gasteiger charge is -2.43. The number of ether oxygens (including phenoxy) is 5. The third-order valence-corrected chi connectivity index (χ3v) is 3.63. The van der Waals surface area contributed by atoms with Crippen molar-refractivity contribution in [1.82, 2.24) is 0 Å². The van der Waals surface area contributed by atoms with E-state index >= 15 is 0 Å². The van der Waals surface area contributed by atoms with Gasteiger partial charge in [0.05, 0.1) is 0 Å². The van der Waals surface area contributed by atoms with Crippen LogP contribution in [0.1, 0.15) is 27.7 Å². The van der Waals surface area contributed by atoms with Crippen molar-refractivity contribution in [2.24, 2.45) is 0 Å². The highest BCUT2D eigenvalue weighted by molar-refractivity contribution is 7.80. The number of hydrogen-bond donors (Lipinski definition) is 1. The van der Waals surface area contributed by atoms with Crippen LogP contribution in [-0.2, 0) is 57.4 Å². The van der Waals surface area contributed by atoms with Gasteiger partial charge in [0, 0.05) is 27.7 Å². The molecule has 0 aliphatic carbocycles. The maximum Gasteiger partial charge on any atom is 0.397 e. The van der Waals surface area contributed by atoms with Crippen molar-refractivity contribution in [3.8, 4) is 0 Å². The summed E-state index contributed by atoms with van der Waals surface area (Å²) in [6, 6.07) is 0. The Hall–Kier alpha value is -2.29. The second-order valence-corrected chi connectivity index (χ2v) is 6.64. The molecule has 28 heavy (non-hydrogen) atoms. The van der Waals surface area contributed by atoms with Crippen LogP contribution in [0.25, 0.3) is 0 Å². The van der Waals surface area contributed by atoms with Gasteiger partial charge in [-0.15, -0.1) is 0 Å². The molecule has 0 aromatic heterocycles. The molecule has 0 unspecified atom stereocenters. The van der Waals surface area contributed by atoms with E-state index in [9.17, 15) is 27.6 Å². The molecule has 0 aromatic rings. The quantitative estimate of drug-likeness (QED) is 0.293. The second kappa shape index (κ2) is 9.77. The molecule has 0 amide bonds. The Morgan fingerprint density at radius 1 is 0.821 bits per heavy atom. The van der Waals surface area contributed by atoms with Crippen LogP contribution in [0.2, 0.25) is 0 Å². The highest BCUT2D eigenvalue weighted by atomic mass is 32.3. The second-order valence-electron chi connectivity index (χ2n) is 5.59. The van der Waals surface area contributed by atoms with E-state index < -0.39 is 71.6 Å². The molecule has 0 aromatic carbocycles. The summed E-state index contributed by atoms with van der Waals surface area (Å²) in [5.41, 5.74) is 0. The number of carbonyl (C=O) groups excluding carboxylic acids is 4. The minimum atomic E-state index is -5.12.